The summed E-state index contributed by atoms with van der Waals surface area (Å²) in [6.07, 6.45) is 6.39. The van der Waals surface area contributed by atoms with Crippen molar-refractivity contribution in [3.05, 3.63) is 16.9 Å². The molecule has 1 fully saturated rings. The third-order valence-corrected chi connectivity index (χ3v) is 3.76. The number of aromatic nitrogens is 2. The molecule has 2 unspecified atom stereocenters. The summed E-state index contributed by atoms with van der Waals surface area (Å²) in [6, 6.07) is 1.11. The first-order valence-electron chi connectivity index (χ1n) is 5.65. The predicted molar refractivity (Wildman–Crippen MR) is 62.4 cm³/mol. The Balaban J connectivity index is 2.13. The van der Waals surface area contributed by atoms with Gasteiger partial charge in [0.15, 0.2) is 0 Å². The number of halogens is 1. The highest BCUT2D eigenvalue weighted by atomic mass is 35.5. The zero-order valence-corrected chi connectivity index (χ0v) is 10.1. The second-order valence-electron chi connectivity index (χ2n) is 4.21. The van der Waals surface area contributed by atoms with Gasteiger partial charge in [0, 0.05) is 11.6 Å². The number of nitrogens with zero attached hydrogens (tertiary/aromatic N) is 2. The fraction of sp³-hybridized carbons (Fsp3) is 0.727. The maximum absolute atomic E-state index is 6.28. The van der Waals surface area contributed by atoms with Gasteiger partial charge < -0.3 is 5.32 Å². The molecule has 3 nitrogen and oxygen atoms in total. The monoisotopic (exact) mass is 227 g/mol. The van der Waals surface area contributed by atoms with Gasteiger partial charge in [0.1, 0.15) is 5.15 Å². The normalized spacial score (nSPS) is 26.1. The van der Waals surface area contributed by atoms with E-state index in [9.17, 15) is 0 Å². The van der Waals surface area contributed by atoms with Gasteiger partial charge in [-0.2, -0.15) is 5.10 Å². The maximum Gasteiger partial charge on any atom is 0.130 e. The van der Waals surface area contributed by atoms with E-state index in [-0.39, 0.29) is 0 Å². The Kier molecular flexibility index (Phi) is 3.32. The molecule has 0 bridgehead atoms. The van der Waals surface area contributed by atoms with Crippen molar-refractivity contribution in [3.63, 3.8) is 0 Å². The van der Waals surface area contributed by atoms with Crippen molar-refractivity contribution in [2.45, 2.75) is 44.7 Å². The van der Waals surface area contributed by atoms with Crippen LogP contribution >= 0.6 is 11.6 Å². The molecule has 15 heavy (non-hydrogen) atoms. The van der Waals surface area contributed by atoms with Crippen molar-refractivity contribution in [2.75, 3.05) is 7.05 Å². The summed E-state index contributed by atoms with van der Waals surface area (Å²) in [4.78, 5) is 0. The van der Waals surface area contributed by atoms with Gasteiger partial charge in [0.2, 0.25) is 0 Å². The molecule has 1 aromatic heterocycles. The molecule has 2 rings (SSSR count). The van der Waals surface area contributed by atoms with E-state index in [0.29, 0.717) is 12.1 Å². The lowest BCUT2D eigenvalue weighted by Crippen LogP contribution is -2.22. The van der Waals surface area contributed by atoms with E-state index in [1.807, 2.05) is 17.9 Å². The second-order valence-corrected chi connectivity index (χ2v) is 4.57. The van der Waals surface area contributed by atoms with Crippen LogP contribution < -0.4 is 5.32 Å². The van der Waals surface area contributed by atoms with E-state index < -0.39 is 0 Å². The van der Waals surface area contributed by atoms with Crippen LogP contribution in [0, 0.1) is 0 Å². The van der Waals surface area contributed by atoms with Crippen molar-refractivity contribution in [3.8, 4) is 0 Å². The molecule has 2 atom stereocenters. The zero-order valence-electron chi connectivity index (χ0n) is 9.33. The average Bonchev–Trinajstić information content (AvgIpc) is 2.83. The van der Waals surface area contributed by atoms with Crippen LogP contribution in [0.25, 0.3) is 0 Å². The van der Waals surface area contributed by atoms with Crippen LogP contribution in [0.4, 0.5) is 0 Å². The Hall–Kier alpha value is -0.540. The Labute approximate surface area is 95.8 Å². The standard InChI is InChI=1S/C11H18ClN3/c1-3-8-7-14-15(11(8)12)10-5-4-9(6-10)13-2/h7,9-10,13H,3-6H2,1-2H3. The predicted octanol–water partition coefficient (Wildman–Crippen LogP) is 2.41. The summed E-state index contributed by atoms with van der Waals surface area (Å²) in [5.74, 6) is 0. The fourth-order valence-electron chi connectivity index (χ4n) is 2.32. The zero-order chi connectivity index (χ0) is 10.8. The van der Waals surface area contributed by atoms with Gasteiger partial charge in [-0.3, -0.25) is 4.68 Å². The maximum atomic E-state index is 6.28. The second kappa shape index (κ2) is 4.54. The van der Waals surface area contributed by atoms with Crippen molar-refractivity contribution >= 4 is 11.6 Å². The van der Waals surface area contributed by atoms with Crippen molar-refractivity contribution < 1.29 is 0 Å². The molecule has 0 aromatic carbocycles. The van der Waals surface area contributed by atoms with Gasteiger partial charge in [-0.25, -0.2) is 0 Å². The van der Waals surface area contributed by atoms with Crippen LogP contribution in [-0.2, 0) is 6.42 Å². The molecular formula is C11H18ClN3. The number of hydrogen-bond donors (Lipinski definition) is 1. The summed E-state index contributed by atoms with van der Waals surface area (Å²) < 4.78 is 2.00. The number of hydrogen-bond acceptors (Lipinski definition) is 2. The minimum absolute atomic E-state index is 0.482. The first-order chi connectivity index (χ1) is 7.26. The summed E-state index contributed by atoms with van der Waals surface area (Å²) in [5.41, 5.74) is 1.16. The molecule has 0 saturated heterocycles. The minimum atomic E-state index is 0.482. The van der Waals surface area contributed by atoms with Crippen LogP contribution in [0.3, 0.4) is 0 Å². The Bertz CT molecular complexity index is 335. The van der Waals surface area contributed by atoms with Gasteiger partial charge in [0.25, 0.3) is 0 Å². The van der Waals surface area contributed by atoms with Crippen LogP contribution in [0.15, 0.2) is 6.20 Å². The molecule has 1 N–H and O–H groups in total. The number of aryl methyl sites for hydroxylation is 1. The summed E-state index contributed by atoms with van der Waals surface area (Å²) >= 11 is 6.28. The largest absolute Gasteiger partial charge is 0.317 e. The fourth-order valence-corrected chi connectivity index (χ4v) is 2.68. The SMILES string of the molecule is CCc1cnn(C2CCC(NC)C2)c1Cl. The van der Waals surface area contributed by atoms with Crippen molar-refractivity contribution in [1.82, 2.24) is 15.1 Å². The third-order valence-electron chi connectivity index (χ3n) is 3.34. The van der Waals surface area contributed by atoms with Gasteiger partial charge in [-0.05, 0) is 32.7 Å². The van der Waals surface area contributed by atoms with Crippen LogP contribution in [0.5, 0.6) is 0 Å². The van der Waals surface area contributed by atoms with E-state index in [2.05, 4.69) is 17.3 Å². The van der Waals surface area contributed by atoms with Crippen LogP contribution in [0.2, 0.25) is 5.15 Å². The molecule has 0 spiro atoms. The Morgan fingerprint density at radius 3 is 2.93 bits per heavy atom. The summed E-state index contributed by atoms with van der Waals surface area (Å²) in [6.45, 7) is 2.11. The average molecular weight is 228 g/mol. The Morgan fingerprint density at radius 2 is 2.40 bits per heavy atom. The highest BCUT2D eigenvalue weighted by Crippen LogP contribution is 2.32. The quantitative estimate of drug-likeness (QED) is 0.860. The number of rotatable bonds is 3. The molecule has 0 amide bonds. The number of nitrogens with one attached hydrogen (secondary N) is 1. The summed E-state index contributed by atoms with van der Waals surface area (Å²) in [5, 5.41) is 8.55. The van der Waals surface area contributed by atoms with Gasteiger partial charge in [0.05, 0.1) is 12.2 Å². The van der Waals surface area contributed by atoms with E-state index >= 15 is 0 Å². The van der Waals surface area contributed by atoms with Crippen molar-refractivity contribution in [2.24, 2.45) is 0 Å². The smallest absolute Gasteiger partial charge is 0.130 e. The lowest BCUT2D eigenvalue weighted by molar-refractivity contribution is 0.451. The molecule has 0 aliphatic heterocycles. The topological polar surface area (TPSA) is 29.9 Å². The van der Waals surface area contributed by atoms with Crippen molar-refractivity contribution in [1.29, 1.82) is 0 Å². The van der Waals surface area contributed by atoms with Gasteiger partial charge >= 0.3 is 0 Å². The minimum Gasteiger partial charge on any atom is -0.317 e. The molecule has 1 aromatic rings. The summed E-state index contributed by atoms with van der Waals surface area (Å²) in [7, 11) is 2.02. The molecule has 0 radical (unpaired) electrons. The molecule has 1 aliphatic rings. The van der Waals surface area contributed by atoms with E-state index in [1.165, 1.54) is 12.8 Å². The Morgan fingerprint density at radius 1 is 1.60 bits per heavy atom. The van der Waals surface area contributed by atoms with Gasteiger partial charge in [-0.1, -0.05) is 18.5 Å². The first-order valence-corrected chi connectivity index (χ1v) is 6.03. The van der Waals surface area contributed by atoms with E-state index in [4.69, 9.17) is 11.6 Å². The molecule has 4 heteroatoms. The highest BCUT2D eigenvalue weighted by Gasteiger charge is 2.27. The van der Waals surface area contributed by atoms with Gasteiger partial charge in [-0.15, -0.1) is 0 Å². The van der Waals surface area contributed by atoms with E-state index in [0.717, 1.165) is 23.6 Å². The molecule has 84 valence electrons. The lowest BCUT2D eigenvalue weighted by Gasteiger charge is -2.12. The first kappa shape index (κ1) is 11.0. The molecule has 1 aliphatic carbocycles. The molecule has 1 heterocycles. The highest BCUT2D eigenvalue weighted by molar-refractivity contribution is 6.30. The third kappa shape index (κ3) is 2.04. The van der Waals surface area contributed by atoms with Crippen LogP contribution in [-0.4, -0.2) is 22.9 Å². The van der Waals surface area contributed by atoms with E-state index in [1.54, 1.807) is 0 Å². The van der Waals surface area contributed by atoms with Crippen LogP contribution in [0.1, 0.15) is 37.8 Å². The molecular weight excluding hydrogens is 210 g/mol. The lowest BCUT2D eigenvalue weighted by atomic mass is 10.2. The molecule has 1 saturated carbocycles.